The van der Waals surface area contributed by atoms with Gasteiger partial charge in [-0.25, -0.2) is 0 Å². The molecule has 0 saturated carbocycles. The van der Waals surface area contributed by atoms with Crippen LogP contribution in [0.2, 0.25) is 5.02 Å². The predicted molar refractivity (Wildman–Crippen MR) is 87.5 cm³/mol. The number of nitrogens with two attached hydrogens (primary N) is 1. The molecule has 5 nitrogen and oxygen atoms in total. The fourth-order valence-electron chi connectivity index (χ4n) is 2.75. The lowest BCUT2D eigenvalue weighted by atomic mass is 9.98. The molecule has 0 radical (unpaired) electrons. The molecular formula is C16H23ClN2O3. The van der Waals surface area contributed by atoms with Crippen molar-refractivity contribution in [2.75, 3.05) is 39.1 Å². The molecule has 1 unspecified atom stereocenters. The maximum Gasteiger partial charge on any atom is 0.257 e. The van der Waals surface area contributed by atoms with E-state index in [1.807, 2.05) is 11.8 Å². The van der Waals surface area contributed by atoms with Gasteiger partial charge in [-0.15, -0.1) is 0 Å². The van der Waals surface area contributed by atoms with E-state index < -0.39 is 0 Å². The van der Waals surface area contributed by atoms with Gasteiger partial charge in [0, 0.05) is 25.8 Å². The molecule has 22 heavy (non-hydrogen) atoms. The number of hydrogen-bond acceptors (Lipinski definition) is 4. The molecule has 1 saturated heterocycles. The summed E-state index contributed by atoms with van der Waals surface area (Å²) < 4.78 is 10.8. The third-order valence-corrected chi connectivity index (χ3v) is 4.24. The van der Waals surface area contributed by atoms with Gasteiger partial charge in [-0.1, -0.05) is 11.6 Å². The summed E-state index contributed by atoms with van der Waals surface area (Å²) in [5.41, 5.74) is 6.63. The van der Waals surface area contributed by atoms with E-state index >= 15 is 0 Å². The summed E-state index contributed by atoms with van der Waals surface area (Å²) in [5, 5.41) is 0.368. The van der Waals surface area contributed by atoms with E-state index in [0.717, 1.165) is 19.4 Å². The average Bonchev–Trinajstić information content (AvgIpc) is 2.54. The Bertz CT molecular complexity index is 536. The van der Waals surface area contributed by atoms with Crippen molar-refractivity contribution < 1.29 is 14.3 Å². The van der Waals surface area contributed by atoms with Gasteiger partial charge in [-0.05, 0) is 31.7 Å². The zero-order valence-corrected chi connectivity index (χ0v) is 13.9. The Labute approximate surface area is 136 Å². The number of amides is 1. The quantitative estimate of drug-likeness (QED) is 0.845. The van der Waals surface area contributed by atoms with Crippen LogP contribution in [-0.2, 0) is 4.74 Å². The minimum atomic E-state index is -0.0695. The standard InChI is InChI=1S/C16H23ClN2O3/c1-3-22-10-11-5-4-6-19(9-11)16(20)12-7-13(17)14(18)8-15(12)21-2/h7-8,11H,3-6,9-10,18H2,1-2H3. The number of ether oxygens (including phenoxy) is 2. The first-order valence-electron chi connectivity index (χ1n) is 7.56. The Kier molecular flexibility index (Phi) is 5.91. The number of halogens is 1. The normalized spacial score (nSPS) is 18.3. The van der Waals surface area contributed by atoms with Crippen LogP contribution in [0.25, 0.3) is 0 Å². The second-order valence-electron chi connectivity index (χ2n) is 5.49. The first-order valence-corrected chi connectivity index (χ1v) is 7.94. The van der Waals surface area contributed by atoms with Crippen molar-refractivity contribution >= 4 is 23.2 Å². The maximum atomic E-state index is 12.8. The third-order valence-electron chi connectivity index (χ3n) is 3.91. The summed E-state index contributed by atoms with van der Waals surface area (Å²) in [6.07, 6.45) is 2.07. The van der Waals surface area contributed by atoms with Crippen molar-refractivity contribution in [2.45, 2.75) is 19.8 Å². The number of carbonyl (C=O) groups excluding carboxylic acids is 1. The molecule has 0 spiro atoms. The van der Waals surface area contributed by atoms with Crippen molar-refractivity contribution in [1.82, 2.24) is 4.90 Å². The smallest absolute Gasteiger partial charge is 0.257 e. The molecule has 1 heterocycles. The number of hydrogen-bond donors (Lipinski definition) is 1. The van der Waals surface area contributed by atoms with Gasteiger partial charge >= 0.3 is 0 Å². The topological polar surface area (TPSA) is 64.8 Å². The summed E-state index contributed by atoms with van der Waals surface area (Å²) in [7, 11) is 1.52. The summed E-state index contributed by atoms with van der Waals surface area (Å²) in [5.74, 6) is 0.770. The third kappa shape index (κ3) is 3.84. The Morgan fingerprint density at radius 3 is 2.95 bits per heavy atom. The van der Waals surface area contributed by atoms with E-state index in [4.69, 9.17) is 26.8 Å². The Morgan fingerprint density at radius 1 is 1.50 bits per heavy atom. The van der Waals surface area contributed by atoms with Gasteiger partial charge in [0.25, 0.3) is 5.91 Å². The SMILES string of the molecule is CCOCC1CCCN(C(=O)c2cc(Cl)c(N)cc2OC)C1. The van der Waals surface area contributed by atoms with Crippen LogP contribution in [0.15, 0.2) is 12.1 Å². The fraction of sp³-hybridized carbons (Fsp3) is 0.562. The summed E-state index contributed by atoms with van der Waals surface area (Å²) in [6.45, 7) is 4.81. The lowest BCUT2D eigenvalue weighted by molar-refractivity contribution is 0.0499. The van der Waals surface area contributed by atoms with Crippen LogP contribution >= 0.6 is 11.6 Å². The van der Waals surface area contributed by atoms with Crippen LogP contribution in [0.5, 0.6) is 5.75 Å². The number of likely N-dealkylation sites (tertiary alicyclic amines) is 1. The van der Waals surface area contributed by atoms with Gasteiger partial charge in [-0.3, -0.25) is 4.79 Å². The molecule has 1 aliphatic heterocycles. The number of methoxy groups -OCH3 is 1. The molecule has 1 aromatic carbocycles. The average molecular weight is 327 g/mol. The lowest BCUT2D eigenvalue weighted by Crippen LogP contribution is -2.41. The monoisotopic (exact) mass is 326 g/mol. The van der Waals surface area contributed by atoms with E-state index in [1.165, 1.54) is 7.11 Å². The van der Waals surface area contributed by atoms with E-state index in [2.05, 4.69) is 0 Å². The highest BCUT2D eigenvalue weighted by molar-refractivity contribution is 6.33. The number of carbonyl (C=O) groups is 1. The summed E-state index contributed by atoms with van der Waals surface area (Å²) in [4.78, 5) is 14.6. The van der Waals surface area contributed by atoms with Gasteiger partial charge in [0.05, 0.1) is 30.0 Å². The number of anilines is 1. The molecule has 122 valence electrons. The maximum absolute atomic E-state index is 12.8. The van der Waals surface area contributed by atoms with Gasteiger partial charge in [0.15, 0.2) is 0 Å². The molecule has 2 rings (SSSR count). The first kappa shape index (κ1) is 16.9. The summed E-state index contributed by atoms with van der Waals surface area (Å²) in [6, 6.07) is 3.18. The van der Waals surface area contributed by atoms with Crippen molar-refractivity contribution in [2.24, 2.45) is 5.92 Å². The van der Waals surface area contributed by atoms with Gasteiger partial charge in [0.2, 0.25) is 0 Å². The van der Waals surface area contributed by atoms with E-state index in [-0.39, 0.29) is 5.91 Å². The zero-order chi connectivity index (χ0) is 16.1. The molecular weight excluding hydrogens is 304 g/mol. The van der Waals surface area contributed by atoms with Crippen LogP contribution < -0.4 is 10.5 Å². The second kappa shape index (κ2) is 7.70. The largest absolute Gasteiger partial charge is 0.496 e. The molecule has 2 N–H and O–H groups in total. The molecule has 0 aromatic heterocycles. The molecule has 6 heteroatoms. The van der Waals surface area contributed by atoms with E-state index in [1.54, 1.807) is 12.1 Å². The zero-order valence-electron chi connectivity index (χ0n) is 13.1. The highest BCUT2D eigenvalue weighted by Crippen LogP contribution is 2.30. The molecule has 1 aromatic rings. The van der Waals surface area contributed by atoms with Crippen molar-refractivity contribution in [1.29, 1.82) is 0 Å². The van der Waals surface area contributed by atoms with Crippen LogP contribution in [0.3, 0.4) is 0 Å². The number of nitrogen functional groups attached to an aromatic ring is 1. The lowest BCUT2D eigenvalue weighted by Gasteiger charge is -2.33. The fourth-order valence-corrected chi connectivity index (χ4v) is 2.91. The Hall–Kier alpha value is -1.46. The molecule has 0 bridgehead atoms. The molecule has 1 atom stereocenters. The predicted octanol–water partition coefficient (Wildman–Crippen LogP) is 2.82. The minimum Gasteiger partial charge on any atom is -0.496 e. The highest BCUT2D eigenvalue weighted by Gasteiger charge is 2.26. The van der Waals surface area contributed by atoms with Crippen molar-refractivity contribution in [3.05, 3.63) is 22.7 Å². The number of benzene rings is 1. The second-order valence-corrected chi connectivity index (χ2v) is 5.90. The summed E-state index contributed by atoms with van der Waals surface area (Å²) >= 11 is 6.05. The van der Waals surface area contributed by atoms with Gasteiger partial charge < -0.3 is 20.1 Å². The van der Waals surface area contributed by atoms with Crippen LogP contribution in [0, 0.1) is 5.92 Å². The highest BCUT2D eigenvalue weighted by atomic mass is 35.5. The van der Waals surface area contributed by atoms with Crippen LogP contribution in [0.1, 0.15) is 30.1 Å². The van der Waals surface area contributed by atoms with E-state index in [0.29, 0.717) is 47.7 Å². The van der Waals surface area contributed by atoms with Crippen molar-refractivity contribution in [3.8, 4) is 5.75 Å². The van der Waals surface area contributed by atoms with Crippen LogP contribution in [-0.4, -0.2) is 44.2 Å². The van der Waals surface area contributed by atoms with Gasteiger partial charge in [0.1, 0.15) is 5.75 Å². The molecule has 0 aliphatic carbocycles. The molecule has 1 fully saturated rings. The van der Waals surface area contributed by atoms with E-state index in [9.17, 15) is 4.79 Å². The number of piperidine rings is 1. The molecule has 1 amide bonds. The number of rotatable bonds is 5. The Morgan fingerprint density at radius 2 is 2.27 bits per heavy atom. The van der Waals surface area contributed by atoms with Gasteiger partial charge in [-0.2, -0.15) is 0 Å². The molecule has 1 aliphatic rings. The minimum absolute atomic E-state index is 0.0695. The Balaban J connectivity index is 2.15. The first-order chi connectivity index (χ1) is 10.6. The van der Waals surface area contributed by atoms with Crippen LogP contribution in [0.4, 0.5) is 5.69 Å². The van der Waals surface area contributed by atoms with Crippen molar-refractivity contribution in [3.63, 3.8) is 0 Å². The number of nitrogens with zero attached hydrogens (tertiary/aromatic N) is 1.